The number of allylic oxidation sites excluding steroid dienone is 1. The molecule has 1 saturated heterocycles. The van der Waals surface area contributed by atoms with Crippen LogP contribution in [0, 0.1) is 0 Å². The molecule has 408 valence electrons. The minimum atomic E-state index is -1.07. The number of thiocarbonyl (C=S) groups is 1. The summed E-state index contributed by atoms with van der Waals surface area (Å²) >= 11 is 5.06. The van der Waals surface area contributed by atoms with E-state index >= 15 is 0 Å². The topological polar surface area (TPSA) is 294 Å². The van der Waals surface area contributed by atoms with Crippen molar-refractivity contribution in [2.75, 3.05) is 46.7 Å². The third kappa shape index (κ3) is 16.6. The molecule has 0 saturated carbocycles. The monoisotopic (exact) mass is 1080 g/mol. The van der Waals surface area contributed by atoms with Gasteiger partial charge in [0, 0.05) is 29.7 Å². The van der Waals surface area contributed by atoms with E-state index in [1.165, 1.54) is 51.3 Å². The molecule has 23 nitrogen and oxygen atoms in total. The fourth-order valence-corrected chi connectivity index (χ4v) is 8.05. The number of aromatic nitrogens is 3. The first-order chi connectivity index (χ1) is 37.0. The standard InChI is InChI=1S/C53H61N9O14S/c1-32(47(65)56-33(2)53(71)72-4)55-49(67)41(11-5-6-23-54-34(3)77)57-48(66)37-15-13-35(14-16-37)46(64)36-17-19-39(20-18-36)75-25-8-7-24-61-30-38(59-60-61)31-74-27-26-73-28-29-76-43-12-9-10-40-45(43)52(70)62(51(40)69)42-21-22-44(63)58-50(42)68/h7-10,12-20,30,32-33,41-42H,5-6,11,21-29,31H2,1-4H3,(H,54,77)(H,55,67)(H,56,65)(H,57,66)(H,58,63,68)/b8-7+/t32-,33-,41-,42?/m0/s1. The molecule has 1 aromatic heterocycles. The van der Waals surface area contributed by atoms with Crippen LogP contribution in [-0.4, -0.2) is 149 Å². The Labute approximate surface area is 449 Å². The Morgan fingerprint density at radius 1 is 0.805 bits per heavy atom. The lowest BCUT2D eigenvalue weighted by atomic mass is 10.0. The third-order valence-electron chi connectivity index (χ3n) is 12.0. The lowest BCUT2D eigenvalue weighted by molar-refractivity contribution is -0.144. The van der Waals surface area contributed by atoms with Gasteiger partial charge in [0.2, 0.25) is 23.6 Å². The van der Waals surface area contributed by atoms with E-state index in [2.05, 4.69) is 41.6 Å². The molecule has 3 aromatic carbocycles. The lowest BCUT2D eigenvalue weighted by Gasteiger charge is -2.27. The van der Waals surface area contributed by atoms with Crippen LogP contribution in [0.15, 0.2) is 85.1 Å². The van der Waals surface area contributed by atoms with Gasteiger partial charge >= 0.3 is 5.97 Å². The van der Waals surface area contributed by atoms with Crippen LogP contribution < -0.4 is 36.1 Å². The van der Waals surface area contributed by atoms with Crippen molar-refractivity contribution in [3.8, 4) is 11.5 Å². The summed E-state index contributed by atoms with van der Waals surface area (Å²) in [4.78, 5) is 116. The van der Waals surface area contributed by atoms with E-state index in [9.17, 15) is 43.2 Å². The SMILES string of the molecule is COC(=O)[C@H](C)NC(=O)[C@H](C)NC(=O)[C@H](CCCCNC(C)=S)NC(=O)c1ccc(C(=O)c2ccc(OC/C=C/Cn3cc(COCCOCCOc4cccc5c4C(=O)N(C4CCC(=O)NC4=O)C5=O)nn3)cc2)cc1. The summed E-state index contributed by atoms with van der Waals surface area (Å²) < 4.78 is 29.1. The van der Waals surface area contributed by atoms with Gasteiger partial charge in [-0.15, -0.1) is 5.10 Å². The Bertz CT molecular complexity index is 2840. The molecule has 7 amide bonds. The van der Waals surface area contributed by atoms with Crippen LogP contribution in [0.25, 0.3) is 0 Å². The molecule has 1 unspecified atom stereocenters. The van der Waals surface area contributed by atoms with E-state index in [1.54, 1.807) is 54.2 Å². The molecule has 2 aliphatic heterocycles. The number of methoxy groups -OCH3 is 1. The number of ether oxygens (including phenoxy) is 5. The van der Waals surface area contributed by atoms with E-state index in [0.717, 1.165) is 4.90 Å². The molecule has 3 heterocycles. The number of esters is 1. The summed E-state index contributed by atoms with van der Waals surface area (Å²) in [6.07, 6.45) is 6.97. The molecule has 77 heavy (non-hydrogen) atoms. The number of fused-ring (bicyclic) bond motifs is 1. The van der Waals surface area contributed by atoms with Crippen molar-refractivity contribution >= 4 is 70.3 Å². The first-order valence-corrected chi connectivity index (χ1v) is 25.2. The number of nitrogens with zero attached hydrogens (tertiary/aromatic N) is 4. The molecule has 2 aliphatic rings. The molecule has 6 rings (SSSR count). The minimum Gasteiger partial charge on any atom is -0.490 e. The van der Waals surface area contributed by atoms with Gasteiger partial charge in [0.15, 0.2) is 5.78 Å². The number of carbonyl (C=O) groups excluding carboxylic acids is 9. The van der Waals surface area contributed by atoms with E-state index in [1.807, 2.05) is 12.2 Å². The van der Waals surface area contributed by atoms with E-state index in [0.29, 0.717) is 53.5 Å². The van der Waals surface area contributed by atoms with Gasteiger partial charge in [0.25, 0.3) is 17.7 Å². The molecular formula is C53H61N9O14S. The van der Waals surface area contributed by atoms with Crippen LogP contribution in [-0.2, 0) is 51.3 Å². The van der Waals surface area contributed by atoms with Gasteiger partial charge in [-0.3, -0.25) is 48.6 Å². The second kappa shape index (κ2) is 28.6. The van der Waals surface area contributed by atoms with Gasteiger partial charge in [-0.2, -0.15) is 0 Å². The number of unbranched alkanes of at least 4 members (excludes halogenated alkanes) is 1. The zero-order valence-corrected chi connectivity index (χ0v) is 43.8. The fourth-order valence-electron chi connectivity index (χ4n) is 7.94. The lowest BCUT2D eigenvalue weighted by Crippen LogP contribution is -2.54. The number of piperidine rings is 1. The molecule has 4 aromatic rings. The molecular weight excluding hydrogens is 1020 g/mol. The van der Waals surface area contributed by atoms with Crippen LogP contribution >= 0.6 is 12.2 Å². The van der Waals surface area contributed by atoms with Crippen LogP contribution in [0.1, 0.15) is 106 Å². The minimum absolute atomic E-state index is 0.0231. The van der Waals surface area contributed by atoms with Crippen molar-refractivity contribution < 1.29 is 66.8 Å². The van der Waals surface area contributed by atoms with Crippen LogP contribution in [0.3, 0.4) is 0 Å². The van der Waals surface area contributed by atoms with Crippen molar-refractivity contribution in [3.05, 3.63) is 119 Å². The van der Waals surface area contributed by atoms with Crippen LogP contribution in [0.5, 0.6) is 11.5 Å². The number of ketones is 1. The molecule has 4 atom stereocenters. The molecule has 24 heteroatoms. The summed E-state index contributed by atoms with van der Waals surface area (Å²) in [5.41, 5.74) is 1.76. The normalized spacial score (nSPS) is 15.2. The van der Waals surface area contributed by atoms with Crippen molar-refractivity contribution in [3.63, 3.8) is 0 Å². The molecule has 0 radical (unpaired) electrons. The number of nitrogens with one attached hydrogen (secondary N) is 5. The fraction of sp³-hybridized carbons (Fsp3) is 0.396. The Morgan fingerprint density at radius 3 is 2.21 bits per heavy atom. The number of amides is 7. The predicted octanol–water partition coefficient (Wildman–Crippen LogP) is 2.55. The predicted molar refractivity (Wildman–Crippen MR) is 279 cm³/mol. The molecule has 0 aliphatic carbocycles. The zero-order valence-electron chi connectivity index (χ0n) is 43.0. The maximum atomic E-state index is 13.4. The highest BCUT2D eigenvalue weighted by Crippen LogP contribution is 2.33. The second-order valence-electron chi connectivity index (χ2n) is 17.8. The Kier molecular flexibility index (Phi) is 21.6. The highest BCUT2D eigenvalue weighted by Gasteiger charge is 2.46. The first kappa shape index (κ1) is 58.0. The van der Waals surface area contributed by atoms with E-state index in [-0.39, 0.29) is 87.1 Å². The number of benzene rings is 3. The molecule has 1 fully saturated rings. The maximum Gasteiger partial charge on any atom is 0.328 e. The highest BCUT2D eigenvalue weighted by molar-refractivity contribution is 7.80. The quantitative estimate of drug-likeness (QED) is 0.0130. The average Bonchev–Trinajstić information content (AvgIpc) is 4.08. The zero-order chi connectivity index (χ0) is 55.4. The van der Waals surface area contributed by atoms with E-state index in [4.69, 9.17) is 31.2 Å². The van der Waals surface area contributed by atoms with Gasteiger partial charge in [0.05, 0.1) is 62.4 Å². The number of rotatable bonds is 29. The van der Waals surface area contributed by atoms with Gasteiger partial charge in [-0.05, 0) is 101 Å². The second-order valence-corrected chi connectivity index (χ2v) is 18.4. The van der Waals surface area contributed by atoms with Crippen LogP contribution in [0.4, 0.5) is 0 Å². The van der Waals surface area contributed by atoms with Gasteiger partial charge in [-0.1, -0.05) is 41.7 Å². The summed E-state index contributed by atoms with van der Waals surface area (Å²) in [5.74, 6) is -4.35. The Balaban J connectivity index is 0.866. The summed E-state index contributed by atoms with van der Waals surface area (Å²) in [5, 5.41) is 21.3. The van der Waals surface area contributed by atoms with Crippen molar-refractivity contribution in [2.24, 2.45) is 0 Å². The number of imide groups is 2. The first-order valence-electron chi connectivity index (χ1n) is 24.8. The Hall–Kier alpha value is -8.22. The van der Waals surface area contributed by atoms with Crippen LogP contribution in [0.2, 0.25) is 0 Å². The third-order valence-corrected chi connectivity index (χ3v) is 12.2. The number of hydrogen-bond donors (Lipinski definition) is 5. The van der Waals surface area contributed by atoms with Gasteiger partial charge < -0.3 is 45.0 Å². The molecule has 0 spiro atoms. The highest BCUT2D eigenvalue weighted by atomic mass is 32.1. The number of hydrogen-bond acceptors (Lipinski definition) is 17. The maximum absolute atomic E-state index is 13.4. The largest absolute Gasteiger partial charge is 0.490 e. The average molecular weight is 1080 g/mol. The molecule has 5 N–H and O–H groups in total. The number of carbonyl (C=O) groups is 9. The Morgan fingerprint density at radius 2 is 1.49 bits per heavy atom. The van der Waals surface area contributed by atoms with Crippen molar-refractivity contribution in [2.45, 2.75) is 90.2 Å². The molecule has 0 bridgehead atoms. The smallest absolute Gasteiger partial charge is 0.328 e. The van der Waals surface area contributed by atoms with Gasteiger partial charge in [0.1, 0.15) is 54.6 Å². The van der Waals surface area contributed by atoms with E-state index < -0.39 is 71.5 Å². The van der Waals surface area contributed by atoms with Crippen molar-refractivity contribution in [1.82, 2.24) is 46.5 Å². The summed E-state index contributed by atoms with van der Waals surface area (Å²) in [6.45, 7) is 6.89. The summed E-state index contributed by atoms with van der Waals surface area (Å²) in [7, 11) is 1.20. The van der Waals surface area contributed by atoms with Gasteiger partial charge in [-0.25, -0.2) is 9.48 Å². The van der Waals surface area contributed by atoms with Crippen molar-refractivity contribution in [1.29, 1.82) is 0 Å². The summed E-state index contributed by atoms with van der Waals surface area (Å²) in [6, 6.07) is 13.3.